The fourth-order valence-electron chi connectivity index (χ4n) is 4.68. The van der Waals surface area contributed by atoms with Crippen molar-refractivity contribution in [1.29, 1.82) is 0 Å². The minimum absolute atomic E-state index is 0.0893. The molecule has 0 bridgehead atoms. The van der Waals surface area contributed by atoms with Crippen LogP contribution in [0.5, 0.6) is 0 Å². The molecule has 2 heterocycles. The Hall–Kier alpha value is -1.91. The number of aromatic nitrogens is 2. The lowest BCUT2D eigenvalue weighted by Gasteiger charge is -2.13. The normalized spacial score (nSPS) is 24.1. The number of hydrogen-bond donors (Lipinski definition) is 3. The molecule has 3 N–H and O–H groups in total. The quantitative estimate of drug-likeness (QED) is 0.706. The zero-order valence-electron chi connectivity index (χ0n) is 16.2. The molecule has 27 heavy (non-hydrogen) atoms. The van der Waals surface area contributed by atoms with E-state index in [2.05, 4.69) is 25.2 Å². The molecule has 1 aromatic heterocycles. The first-order valence-corrected chi connectivity index (χ1v) is 10.2. The highest BCUT2D eigenvalue weighted by molar-refractivity contribution is 7.27. The van der Waals surface area contributed by atoms with Gasteiger partial charge in [-0.25, -0.2) is 0 Å². The van der Waals surface area contributed by atoms with Gasteiger partial charge in [-0.2, -0.15) is 5.10 Å². The average molecular weight is 385 g/mol. The molecule has 2 aromatic rings. The summed E-state index contributed by atoms with van der Waals surface area (Å²) in [4.78, 5) is 13.2. The summed E-state index contributed by atoms with van der Waals surface area (Å²) in [6, 6.07) is 5.94. The van der Waals surface area contributed by atoms with Crippen molar-refractivity contribution in [2.45, 2.75) is 25.7 Å². The van der Waals surface area contributed by atoms with Crippen molar-refractivity contribution in [2.75, 3.05) is 30.8 Å². The minimum atomic E-state index is -0.0893. The van der Waals surface area contributed by atoms with Crippen LogP contribution in [0.3, 0.4) is 0 Å². The lowest BCUT2D eigenvalue weighted by molar-refractivity contribution is 0.102. The lowest BCUT2D eigenvalue weighted by atomic mass is 9.97. The third-order valence-electron chi connectivity index (χ3n) is 6.11. The second kappa shape index (κ2) is 7.25. The number of rotatable bonds is 4. The molecule has 4 rings (SSSR count). The molecule has 0 spiro atoms. The fraction of sp³-hybridized carbons (Fsp3) is 0.500. The van der Waals surface area contributed by atoms with Crippen LogP contribution in [0.2, 0.25) is 0 Å². The number of aryl methyl sites for hydroxylation is 2. The summed E-state index contributed by atoms with van der Waals surface area (Å²) in [6.07, 6.45) is 2.22. The molecule has 6 nitrogen and oxygen atoms in total. The summed E-state index contributed by atoms with van der Waals surface area (Å²) in [5.41, 5.74) is 3.57. The van der Waals surface area contributed by atoms with E-state index in [1.807, 2.05) is 39.2 Å². The SMILES string of the molecule is CNc1c(C(=O)Nc2ccc(P)c(C)c2)c(C2CC3CNCC3C2)nn1C. The van der Waals surface area contributed by atoms with Gasteiger partial charge in [-0.15, -0.1) is 9.24 Å². The van der Waals surface area contributed by atoms with Crippen LogP contribution in [0.25, 0.3) is 0 Å². The van der Waals surface area contributed by atoms with Gasteiger partial charge in [-0.05, 0) is 67.7 Å². The maximum atomic E-state index is 13.2. The number of fused-ring (bicyclic) bond motifs is 1. The Morgan fingerprint density at radius 1 is 1.30 bits per heavy atom. The van der Waals surface area contributed by atoms with Gasteiger partial charge in [0.1, 0.15) is 11.4 Å². The number of carbonyl (C=O) groups excluding carboxylic acids is 1. The number of benzene rings is 1. The first kappa shape index (κ1) is 18.5. The molecular weight excluding hydrogens is 357 g/mol. The average Bonchev–Trinajstić information content (AvgIpc) is 3.30. The van der Waals surface area contributed by atoms with E-state index in [9.17, 15) is 4.79 Å². The van der Waals surface area contributed by atoms with Gasteiger partial charge >= 0.3 is 0 Å². The molecule has 7 heteroatoms. The zero-order chi connectivity index (χ0) is 19.1. The van der Waals surface area contributed by atoms with Gasteiger partial charge in [-0.1, -0.05) is 6.07 Å². The Balaban J connectivity index is 1.64. The molecule has 3 unspecified atom stereocenters. The molecule has 1 aliphatic heterocycles. The number of nitrogens with zero attached hydrogens (tertiary/aromatic N) is 2. The van der Waals surface area contributed by atoms with Gasteiger partial charge in [0.2, 0.25) is 0 Å². The predicted octanol–water partition coefficient (Wildman–Crippen LogP) is 2.24. The van der Waals surface area contributed by atoms with Crippen LogP contribution in [0.15, 0.2) is 18.2 Å². The second-order valence-corrected chi connectivity index (χ2v) is 8.48. The maximum absolute atomic E-state index is 13.2. The predicted molar refractivity (Wildman–Crippen MR) is 113 cm³/mol. The smallest absolute Gasteiger partial charge is 0.261 e. The summed E-state index contributed by atoms with van der Waals surface area (Å²) in [6.45, 7) is 4.22. The molecular formula is C20H28N5OP. The molecule has 1 saturated heterocycles. The van der Waals surface area contributed by atoms with Crippen molar-refractivity contribution in [1.82, 2.24) is 15.1 Å². The highest BCUT2D eigenvalue weighted by atomic mass is 31.0. The Morgan fingerprint density at radius 3 is 2.63 bits per heavy atom. The number of hydrogen-bond acceptors (Lipinski definition) is 4. The molecule has 1 aliphatic carbocycles. The lowest BCUT2D eigenvalue weighted by Crippen LogP contribution is -2.17. The van der Waals surface area contributed by atoms with Crippen LogP contribution in [0.1, 0.15) is 40.4 Å². The molecule has 1 aromatic carbocycles. The third-order valence-corrected chi connectivity index (χ3v) is 6.75. The molecule has 0 radical (unpaired) electrons. The van der Waals surface area contributed by atoms with Crippen LogP contribution >= 0.6 is 9.24 Å². The highest BCUT2D eigenvalue weighted by Gasteiger charge is 2.41. The van der Waals surface area contributed by atoms with Gasteiger partial charge in [0.25, 0.3) is 5.91 Å². The van der Waals surface area contributed by atoms with Crippen molar-refractivity contribution in [3.05, 3.63) is 35.0 Å². The number of nitrogens with one attached hydrogen (secondary N) is 3. The standard InChI is InChI=1S/C20H28N5OP/c1-11-6-15(4-5-16(11)27)23-20(26)17-18(24-25(3)19(17)21-2)12-7-13-9-22-10-14(13)8-12/h4-6,12-14,21-22H,7-10,27H2,1-3H3,(H,23,26). The van der Waals surface area contributed by atoms with Crippen LogP contribution in [0.4, 0.5) is 11.5 Å². The molecule has 144 valence electrons. The van der Waals surface area contributed by atoms with Gasteiger partial charge < -0.3 is 16.0 Å². The Labute approximate surface area is 162 Å². The first-order valence-electron chi connectivity index (χ1n) is 9.60. The number of carbonyl (C=O) groups is 1. The molecule has 1 saturated carbocycles. The number of amides is 1. The Kier molecular flexibility index (Phi) is 4.95. The largest absolute Gasteiger partial charge is 0.373 e. The third kappa shape index (κ3) is 3.37. The van der Waals surface area contributed by atoms with Crippen LogP contribution in [0, 0.1) is 18.8 Å². The van der Waals surface area contributed by atoms with Crippen LogP contribution in [-0.2, 0) is 7.05 Å². The van der Waals surface area contributed by atoms with E-state index in [1.165, 1.54) is 0 Å². The number of anilines is 2. The van der Waals surface area contributed by atoms with Gasteiger partial charge in [0.05, 0.1) is 5.69 Å². The Bertz CT molecular complexity index is 865. The molecule has 1 amide bonds. The summed E-state index contributed by atoms with van der Waals surface area (Å²) in [5.74, 6) is 2.46. The van der Waals surface area contributed by atoms with E-state index in [0.29, 0.717) is 23.3 Å². The van der Waals surface area contributed by atoms with E-state index < -0.39 is 0 Å². The van der Waals surface area contributed by atoms with E-state index in [4.69, 9.17) is 5.10 Å². The van der Waals surface area contributed by atoms with Gasteiger partial charge in [-0.3, -0.25) is 9.48 Å². The monoisotopic (exact) mass is 385 g/mol. The van der Waals surface area contributed by atoms with Crippen molar-refractivity contribution in [2.24, 2.45) is 18.9 Å². The summed E-state index contributed by atoms with van der Waals surface area (Å²) < 4.78 is 1.80. The molecule has 3 atom stereocenters. The molecule has 2 aliphatic rings. The summed E-state index contributed by atoms with van der Waals surface area (Å²) in [7, 11) is 6.46. The van der Waals surface area contributed by atoms with Crippen molar-refractivity contribution in [3.8, 4) is 0 Å². The Morgan fingerprint density at radius 2 is 2.00 bits per heavy atom. The summed E-state index contributed by atoms with van der Waals surface area (Å²) >= 11 is 0. The van der Waals surface area contributed by atoms with Crippen molar-refractivity contribution >= 4 is 32.0 Å². The van der Waals surface area contributed by atoms with Crippen LogP contribution in [-0.4, -0.2) is 35.8 Å². The van der Waals surface area contributed by atoms with E-state index >= 15 is 0 Å². The van der Waals surface area contributed by atoms with Crippen molar-refractivity contribution in [3.63, 3.8) is 0 Å². The fourth-order valence-corrected chi connectivity index (χ4v) is 4.86. The minimum Gasteiger partial charge on any atom is -0.373 e. The van der Waals surface area contributed by atoms with Gasteiger partial charge in [0, 0.05) is 25.7 Å². The summed E-state index contributed by atoms with van der Waals surface area (Å²) in [5, 5.41) is 15.6. The second-order valence-electron chi connectivity index (χ2n) is 7.85. The maximum Gasteiger partial charge on any atom is 0.261 e. The highest BCUT2D eigenvalue weighted by Crippen LogP contribution is 2.45. The van der Waals surface area contributed by atoms with Gasteiger partial charge in [0.15, 0.2) is 0 Å². The topological polar surface area (TPSA) is 71.0 Å². The van der Waals surface area contributed by atoms with E-state index in [-0.39, 0.29) is 5.91 Å². The first-order chi connectivity index (χ1) is 13.0. The zero-order valence-corrected chi connectivity index (χ0v) is 17.3. The van der Waals surface area contributed by atoms with E-state index in [0.717, 1.165) is 54.0 Å². The van der Waals surface area contributed by atoms with Crippen molar-refractivity contribution < 1.29 is 4.79 Å². The van der Waals surface area contributed by atoms with E-state index in [1.54, 1.807) is 4.68 Å². The van der Waals surface area contributed by atoms with Crippen LogP contribution < -0.4 is 21.3 Å². The molecule has 2 fully saturated rings.